The van der Waals surface area contributed by atoms with Crippen LogP contribution in [0.25, 0.3) is 11.3 Å². The molecule has 1 aromatic heterocycles. The molecule has 1 saturated carbocycles. The minimum atomic E-state index is -4.45. The SMILES string of the molecule is CCn1nc(C(=O)NCC2(C(=O)O)CCC(S(C)(=O)=O)CC2)c(Cl)c1-c1ccc(N[C@H](C)C(F)(F)F)cc1OC. The number of halogens is 4. The van der Waals surface area contributed by atoms with Gasteiger partial charge >= 0.3 is 12.1 Å². The zero-order valence-electron chi connectivity index (χ0n) is 22.4. The summed E-state index contributed by atoms with van der Waals surface area (Å²) in [6, 6.07) is 2.50. The van der Waals surface area contributed by atoms with E-state index in [1.54, 1.807) is 6.92 Å². The van der Waals surface area contributed by atoms with Gasteiger partial charge in [0.15, 0.2) is 5.69 Å². The fourth-order valence-electron chi connectivity index (χ4n) is 4.75. The molecule has 1 amide bonds. The Morgan fingerprint density at radius 2 is 1.93 bits per heavy atom. The molecule has 0 aliphatic heterocycles. The normalized spacial score (nSPS) is 20.6. The average molecular weight is 609 g/mol. The first-order valence-corrected chi connectivity index (χ1v) is 14.9. The molecule has 1 aliphatic carbocycles. The molecule has 0 radical (unpaired) electrons. The lowest BCUT2D eigenvalue weighted by Crippen LogP contribution is -2.47. The fourth-order valence-corrected chi connectivity index (χ4v) is 6.17. The molecule has 0 unspecified atom stereocenters. The minimum Gasteiger partial charge on any atom is -0.496 e. The van der Waals surface area contributed by atoms with Gasteiger partial charge in [0.1, 0.15) is 21.6 Å². The molecule has 1 aliphatic rings. The lowest BCUT2D eigenvalue weighted by molar-refractivity contribution is -0.150. The van der Waals surface area contributed by atoms with Crippen molar-refractivity contribution in [3.63, 3.8) is 0 Å². The number of hydrogen-bond acceptors (Lipinski definition) is 7. The number of amides is 1. The molecule has 3 rings (SSSR count). The number of carboxylic acids is 1. The van der Waals surface area contributed by atoms with Gasteiger partial charge in [-0.3, -0.25) is 14.3 Å². The van der Waals surface area contributed by atoms with E-state index in [0.29, 0.717) is 11.3 Å². The number of sulfone groups is 1. The molecule has 0 saturated heterocycles. The van der Waals surface area contributed by atoms with Gasteiger partial charge in [-0.15, -0.1) is 0 Å². The molecule has 2 aromatic rings. The van der Waals surface area contributed by atoms with E-state index in [-0.39, 0.29) is 60.9 Å². The molecule has 222 valence electrons. The molecular formula is C25H32ClF3N4O6S. The van der Waals surface area contributed by atoms with Gasteiger partial charge in [0.25, 0.3) is 5.91 Å². The Morgan fingerprint density at radius 1 is 1.30 bits per heavy atom. The van der Waals surface area contributed by atoms with E-state index >= 15 is 0 Å². The summed E-state index contributed by atoms with van der Waals surface area (Å²) in [5, 5.41) is 18.5. The molecule has 1 fully saturated rings. The van der Waals surface area contributed by atoms with E-state index in [9.17, 15) is 36.3 Å². The first-order valence-electron chi connectivity index (χ1n) is 12.5. The second-order valence-corrected chi connectivity index (χ2v) is 12.7. The van der Waals surface area contributed by atoms with E-state index in [0.717, 1.165) is 13.2 Å². The van der Waals surface area contributed by atoms with E-state index in [4.69, 9.17) is 16.3 Å². The number of rotatable bonds is 10. The average Bonchev–Trinajstić information content (AvgIpc) is 3.22. The highest BCUT2D eigenvalue weighted by Gasteiger charge is 2.44. The van der Waals surface area contributed by atoms with Gasteiger partial charge in [-0.1, -0.05) is 11.6 Å². The Kier molecular flexibility index (Phi) is 9.34. The zero-order valence-corrected chi connectivity index (χ0v) is 24.0. The number of carboxylic acid groups (broad SMARTS) is 1. The Labute approximate surface area is 235 Å². The third-order valence-corrected chi connectivity index (χ3v) is 9.32. The predicted octanol–water partition coefficient (Wildman–Crippen LogP) is 4.38. The largest absolute Gasteiger partial charge is 0.496 e. The summed E-state index contributed by atoms with van der Waals surface area (Å²) in [5.41, 5.74) is -0.667. The Morgan fingerprint density at radius 3 is 2.42 bits per heavy atom. The van der Waals surface area contributed by atoms with Gasteiger partial charge in [-0.25, -0.2) is 8.42 Å². The number of aryl methyl sites for hydroxylation is 1. The molecule has 10 nitrogen and oxygen atoms in total. The summed E-state index contributed by atoms with van der Waals surface area (Å²) in [5.74, 6) is -1.67. The van der Waals surface area contributed by atoms with Crippen LogP contribution in [-0.4, -0.2) is 72.6 Å². The number of aliphatic carboxylic acids is 1. The maximum atomic E-state index is 13.1. The van der Waals surface area contributed by atoms with Gasteiger partial charge < -0.3 is 20.5 Å². The molecule has 1 aromatic carbocycles. The third-order valence-electron chi connectivity index (χ3n) is 7.28. The van der Waals surface area contributed by atoms with Crippen LogP contribution in [0.3, 0.4) is 0 Å². The van der Waals surface area contributed by atoms with Gasteiger partial charge in [0, 0.05) is 36.7 Å². The van der Waals surface area contributed by atoms with Gasteiger partial charge in [0.2, 0.25) is 0 Å². The van der Waals surface area contributed by atoms with Crippen molar-refractivity contribution in [1.82, 2.24) is 15.1 Å². The Bertz CT molecular complexity index is 1370. The lowest BCUT2D eigenvalue weighted by atomic mass is 9.74. The number of aromatic nitrogens is 2. The highest BCUT2D eigenvalue weighted by molar-refractivity contribution is 7.91. The third kappa shape index (κ3) is 6.65. The van der Waals surface area contributed by atoms with Crippen LogP contribution in [0.2, 0.25) is 5.02 Å². The fraction of sp³-hybridized carbons (Fsp3) is 0.560. The van der Waals surface area contributed by atoms with Crippen LogP contribution in [0.5, 0.6) is 5.75 Å². The monoisotopic (exact) mass is 608 g/mol. The Balaban J connectivity index is 1.86. The summed E-state index contributed by atoms with van der Waals surface area (Å²) < 4.78 is 69.6. The lowest BCUT2D eigenvalue weighted by Gasteiger charge is -2.36. The summed E-state index contributed by atoms with van der Waals surface area (Å²) in [4.78, 5) is 25.3. The van der Waals surface area contributed by atoms with Gasteiger partial charge in [0.05, 0.1) is 28.5 Å². The van der Waals surface area contributed by atoms with E-state index in [2.05, 4.69) is 15.7 Å². The predicted molar refractivity (Wildman–Crippen MR) is 144 cm³/mol. The summed E-state index contributed by atoms with van der Waals surface area (Å²) in [6.07, 6.45) is -2.84. The number of carbonyl (C=O) groups is 2. The number of hydrogen-bond donors (Lipinski definition) is 3. The first-order chi connectivity index (χ1) is 18.5. The van der Waals surface area contributed by atoms with Crippen molar-refractivity contribution < 1.29 is 41.0 Å². The van der Waals surface area contributed by atoms with Crippen LogP contribution in [0, 0.1) is 5.41 Å². The molecule has 0 bridgehead atoms. The van der Waals surface area contributed by atoms with Crippen LogP contribution in [0.1, 0.15) is 50.0 Å². The van der Waals surface area contributed by atoms with Crippen molar-refractivity contribution in [2.75, 3.05) is 25.2 Å². The highest BCUT2D eigenvalue weighted by atomic mass is 35.5. The van der Waals surface area contributed by atoms with Gasteiger partial charge in [-0.05, 0) is 51.7 Å². The number of benzene rings is 1. The maximum absolute atomic E-state index is 13.1. The number of methoxy groups -OCH3 is 1. The van der Waals surface area contributed by atoms with Crippen molar-refractivity contribution in [2.24, 2.45) is 5.41 Å². The van der Waals surface area contributed by atoms with Crippen LogP contribution in [0.4, 0.5) is 18.9 Å². The van der Waals surface area contributed by atoms with Crippen molar-refractivity contribution >= 4 is 39.0 Å². The number of anilines is 1. The van der Waals surface area contributed by atoms with Crippen molar-refractivity contribution in [2.45, 2.75) is 63.5 Å². The standard InChI is InChI=1S/C25H32ClF3N4O6S/c1-5-33-21(17-7-6-15(12-18(17)39-3)31-14(2)25(27,28)29)19(26)20(32-33)22(34)30-13-24(23(35)36)10-8-16(9-11-24)40(4,37)38/h6-7,12,14,16,31H,5,8-11,13H2,1-4H3,(H,30,34)(H,35,36)/t14-,16?,24?/m1/s1. The molecule has 15 heteroatoms. The topological polar surface area (TPSA) is 140 Å². The minimum absolute atomic E-state index is 0.0489. The molecule has 1 atom stereocenters. The van der Waals surface area contributed by atoms with E-state index < -0.39 is 44.6 Å². The zero-order chi connectivity index (χ0) is 30.0. The van der Waals surface area contributed by atoms with Crippen LogP contribution >= 0.6 is 11.6 Å². The highest BCUT2D eigenvalue weighted by Crippen LogP contribution is 2.40. The number of ether oxygens (including phenoxy) is 1. The van der Waals surface area contributed by atoms with Crippen LogP contribution in [-0.2, 0) is 21.2 Å². The summed E-state index contributed by atoms with van der Waals surface area (Å²) in [6.45, 7) is 2.77. The Hall–Kier alpha value is -3.00. The van der Waals surface area contributed by atoms with Crippen LogP contribution in [0.15, 0.2) is 18.2 Å². The molecular weight excluding hydrogens is 577 g/mol. The van der Waals surface area contributed by atoms with Crippen molar-refractivity contribution in [1.29, 1.82) is 0 Å². The molecule has 40 heavy (non-hydrogen) atoms. The number of alkyl halides is 3. The van der Waals surface area contributed by atoms with Crippen molar-refractivity contribution in [3.8, 4) is 17.0 Å². The second-order valence-electron chi connectivity index (χ2n) is 9.95. The molecule has 0 spiro atoms. The smallest absolute Gasteiger partial charge is 0.408 e. The molecule has 1 heterocycles. The quantitative estimate of drug-likeness (QED) is 0.361. The van der Waals surface area contributed by atoms with Crippen LogP contribution < -0.4 is 15.4 Å². The number of nitrogens with zero attached hydrogens (tertiary/aromatic N) is 2. The maximum Gasteiger partial charge on any atom is 0.408 e. The summed E-state index contributed by atoms with van der Waals surface area (Å²) in [7, 11) is -1.97. The number of carbonyl (C=O) groups excluding carboxylic acids is 1. The summed E-state index contributed by atoms with van der Waals surface area (Å²) >= 11 is 6.59. The molecule has 3 N–H and O–H groups in total. The second kappa shape index (κ2) is 11.9. The van der Waals surface area contributed by atoms with E-state index in [1.807, 2.05) is 0 Å². The first kappa shape index (κ1) is 31.5. The van der Waals surface area contributed by atoms with Crippen molar-refractivity contribution in [3.05, 3.63) is 28.9 Å². The number of nitrogens with one attached hydrogen (secondary N) is 2. The van der Waals surface area contributed by atoms with E-state index in [1.165, 1.54) is 30.0 Å². The van der Waals surface area contributed by atoms with Gasteiger partial charge in [-0.2, -0.15) is 18.3 Å².